The largest absolute Gasteiger partial charge is 0.495 e. The number of hydrogen-bond acceptors (Lipinski definition) is 5. The second-order valence-electron chi connectivity index (χ2n) is 3.13. The van der Waals surface area contributed by atoms with Crippen LogP contribution >= 0.6 is 15.9 Å². The van der Waals surface area contributed by atoms with Gasteiger partial charge in [-0.05, 0) is 22.0 Å². The van der Waals surface area contributed by atoms with E-state index < -0.39 is 0 Å². The third-order valence-corrected chi connectivity index (χ3v) is 2.97. The first-order chi connectivity index (χ1) is 7.69. The van der Waals surface area contributed by atoms with E-state index in [1.807, 2.05) is 0 Å². The van der Waals surface area contributed by atoms with Gasteiger partial charge in [-0.1, -0.05) is 0 Å². The van der Waals surface area contributed by atoms with Gasteiger partial charge in [-0.15, -0.1) is 0 Å². The standard InChI is InChI=1S/C10H10BrNO4/c1-14-9-5(6(13)3-12)2-7-10(8(9)11)16-4-15-7/h2H,3-4,12H2,1H3. The fourth-order valence-electron chi connectivity index (χ4n) is 1.50. The highest BCUT2D eigenvalue weighted by Gasteiger charge is 2.25. The Morgan fingerprint density at radius 1 is 1.62 bits per heavy atom. The first-order valence-electron chi connectivity index (χ1n) is 4.58. The molecule has 0 saturated carbocycles. The molecule has 0 bridgehead atoms. The lowest BCUT2D eigenvalue weighted by atomic mass is 10.1. The van der Waals surface area contributed by atoms with Gasteiger partial charge in [-0.2, -0.15) is 0 Å². The number of fused-ring (bicyclic) bond motifs is 1. The Labute approximate surface area is 101 Å². The molecule has 2 rings (SSSR count). The number of carbonyl (C=O) groups excluding carboxylic acids is 1. The zero-order valence-corrected chi connectivity index (χ0v) is 10.2. The van der Waals surface area contributed by atoms with Crippen molar-refractivity contribution in [3.05, 3.63) is 16.1 Å². The average Bonchev–Trinajstić information content (AvgIpc) is 2.76. The fourth-order valence-corrected chi connectivity index (χ4v) is 2.19. The Morgan fingerprint density at radius 2 is 2.38 bits per heavy atom. The molecule has 0 radical (unpaired) electrons. The summed E-state index contributed by atoms with van der Waals surface area (Å²) in [6, 6.07) is 1.58. The number of Topliss-reactive ketones (excluding diaryl/α,β-unsaturated/α-hetero) is 1. The van der Waals surface area contributed by atoms with E-state index in [9.17, 15) is 4.79 Å². The summed E-state index contributed by atoms with van der Waals surface area (Å²) >= 11 is 3.32. The van der Waals surface area contributed by atoms with Crippen LogP contribution in [0.3, 0.4) is 0 Å². The number of hydrogen-bond donors (Lipinski definition) is 1. The lowest BCUT2D eigenvalue weighted by molar-refractivity contribution is 0.0998. The van der Waals surface area contributed by atoms with Crippen LogP contribution in [0.1, 0.15) is 10.4 Å². The lowest BCUT2D eigenvalue weighted by Crippen LogP contribution is -2.14. The van der Waals surface area contributed by atoms with E-state index in [0.29, 0.717) is 27.3 Å². The highest BCUT2D eigenvalue weighted by atomic mass is 79.9. The highest BCUT2D eigenvalue weighted by Crippen LogP contribution is 2.46. The van der Waals surface area contributed by atoms with Crippen LogP contribution < -0.4 is 19.9 Å². The molecule has 0 unspecified atom stereocenters. The van der Waals surface area contributed by atoms with Crippen molar-refractivity contribution in [3.63, 3.8) is 0 Å². The number of ketones is 1. The summed E-state index contributed by atoms with van der Waals surface area (Å²) in [5, 5.41) is 0. The zero-order chi connectivity index (χ0) is 11.7. The Bertz CT molecular complexity index is 447. The van der Waals surface area contributed by atoms with Crippen LogP contribution in [-0.2, 0) is 0 Å². The van der Waals surface area contributed by atoms with Crippen LogP contribution in [0.25, 0.3) is 0 Å². The van der Waals surface area contributed by atoms with Crippen molar-refractivity contribution in [2.45, 2.75) is 0 Å². The van der Waals surface area contributed by atoms with Gasteiger partial charge in [0.1, 0.15) is 10.2 Å². The molecule has 1 aromatic rings. The number of methoxy groups -OCH3 is 1. The molecule has 16 heavy (non-hydrogen) atoms. The van der Waals surface area contributed by atoms with Crippen LogP contribution in [0, 0.1) is 0 Å². The summed E-state index contributed by atoms with van der Waals surface area (Å²) < 4.78 is 16.2. The van der Waals surface area contributed by atoms with Crippen LogP contribution in [0.15, 0.2) is 10.5 Å². The van der Waals surface area contributed by atoms with E-state index in [4.69, 9.17) is 19.9 Å². The van der Waals surface area contributed by atoms with Gasteiger partial charge >= 0.3 is 0 Å². The summed E-state index contributed by atoms with van der Waals surface area (Å²) in [5.41, 5.74) is 5.72. The number of halogens is 1. The van der Waals surface area contributed by atoms with Crippen LogP contribution in [0.2, 0.25) is 0 Å². The molecule has 1 aliphatic heterocycles. The van der Waals surface area contributed by atoms with Gasteiger partial charge in [0.05, 0.1) is 19.2 Å². The Balaban J connectivity index is 2.61. The topological polar surface area (TPSA) is 70.8 Å². The van der Waals surface area contributed by atoms with Gasteiger partial charge in [0, 0.05) is 0 Å². The van der Waals surface area contributed by atoms with Gasteiger partial charge in [0.25, 0.3) is 0 Å². The van der Waals surface area contributed by atoms with E-state index >= 15 is 0 Å². The summed E-state index contributed by atoms with van der Waals surface area (Å²) in [6.07, 6.45) is 0. The number of carbonyl (C=O) groups is 1. The van der Waals surface area contributed by atoms with Crippen LogP contribution in [0.5, 0.6) is 17.2 Å². The molecule has 0 spiro atoms. The van der Waals surface area contributed by atoms with E-state index in [0.717, 1.165) is 0 Å². The molecule has 1 heterocycles. The van der Waals surface area contributed by atoms with Crippen LogP contribution in [0.4, 0.5) is 0 Å². The number of nitrogens with two attached hydrogens (primary N) is 1. The van der Waals surface area contributed by atoms with Crippen molar-refractivity contribution in [2.24, 2.45) is 5.73 Å². The van der Waals surface area contributed by atoms with Gasteiger partial charge in [0.15, 0.2) is 17.3 Å². The van der Waals surface area contributed by atoms with Crippen molar-refractivity contribution >= 4 is 21.7 Å². The average molecular weight is 288 g/mol. The second kappa shape index (κ2) is 4.31. The maximum Gasteiger partial charge on any atom is 0.231 e. The molecule has 0 aromatic heterocycles. The first-order valence-corrected chi connectivity index (χ1v) is 5.37. The fraction of sp³-hybridized carbons (Fsp3) is 0.300. The van der Waals surface area contributed by atoms with Gasteiger partial charge in [-0.25, -0.2) is 0 Å². The quantitative estimate of drug-likeness (QED) is 0.850. The molecular weight excluding hydrogens is 278 g/mol. The predicted octanol–water partition coefficient (Wildman–Crippen LogP) is 1.33. The van der Waals surface area contributed by atoms with E-state index in [1.165, 1.54) is 7.11 Å². The number of rotatable bonds is 3. The molecule has 6 heteroatoms. The van der Waals surface area contributed by atoms with Crippen LogP contribution in [-0.4, -0.2) is 26.2 Å². The predicted molar refractivity (Wildman–Crippen MR) is 60.2 cm³/mol. The van der Waals surface area contributed by atoms with E-state index in [1.54, 1.807) is 6.07 Å². The van der Waals surface area contributed by atoms with Crippen molar-refractivity contribution < 1.29 is 19.0 Å². The van der Waals surface area contributed by atoms with Crippen molar-refractivity contribution in [1.82, 2.24) is 0 Å². The normalized spacial score (nSPS) is 12.7. The molecule has 1 aliphatic rings. The van der Waals surface area contributed by atoms with Gasteiger partial charge < -0.3 is 19.9 Å². The minimum Gasteiger partial charge on any atom is -0.495 e. The summed E-state index contributed by atoms with van der Waals surface area (Å²) in [5.74, 6) is 1.27. The number of benzene rings is 1. The second-order valence-corrected chi connectivity index (χ2v) is 3.93. The maximum atomic E-state index is 11.6. The molecule has 0 saturated heterocycles. The lowest BCUT2D eigenvalue weighted by Gasteiger charge is -2.10. The summed E-state index contributed by atoms with van der Waals surface area (Å²) in [7, 11) is 1.48. The molecule has 5 nitrogen and oxygen atoms in total. The van der Waals surface area contributed by atoms with E-state index in [-0.39, 0.29) is 19.1 Å². The Morgan fingerprint density at radius 3 is 3.00 bits per heavy atom. The van der Waals surface area contributed by atoms with Gasteiger partial charge in [0.2, 0.25) is 6.79 Å². The minimum absolute atomic E-state index is 0.0809. The molecule has 0 atom stereocenters. The van der Waals surface area contributed by atoms with Crippen molar-refractivity contribution in [3.8, 4) is 17.2 Å². The Hall–Kier alpha value is -1.27. The summed E-state index contributed by atoms with van der Waals surface area (Å²) in [6.45, 7) is 0.0554. The molecule has 86 valence electrons. The number of ether oxygens (including phenoxy) is 3. The summed E-state index contributed by atoms with van der Waals surface area (Å²) in [4.78, 5) is 11.6. The molecule has 0 amide bonds. The van der Waals surface area contributed by atoms with Crippen molar-refractivity contribution in [1.29, 1.82) is 0 Å². The van der Waals surface area contributed by atoms with Crippen molar-refractivity contribution in [2.75, 3.05) is 20.4 Å². The molecule has 0 aliphatic carbocycles. The highest BCUT2D eigenvalue weighted by molar-refractivity contribution is 9.10. The third-order valence-electron chi connectivity index (χ3n) is 2.25. The zero-order valence-electron chi connectivity index (χ0n) is 8.58. The monoisotopic (exact) mass is 287 g/mol. The van der Waals surface area contributed by atoms with Gasteiger partial charge in [-0.3, -0.25) is 4.79 Å². The molecule has 2 N–H and O–H groups in total. The molecule has 0 fully saturated rings. The maximum absolute atomic E-state index is 11.6. The molecule has 1 aromatic carbocycles. The Kier molecular flexibility index (Phi) is 3.02. The third kappa shape index (κ3) is 1.64. The minimum atomic E-state index is -0.212. The molecular formula is C10H10BrNO4. The smallest absolute Gasteiger partial charge is 0.231 e. The SMILES string of the molecule is COc1c(C(=O)CN)cc2c(c1Br)OCO2. The first kappa shape index (κ1) is 11.2. The van der Waals surface area contributed by atoms with E-state index in [2.05, 4.69) is 15.9 Å².